The number of carbonyl (C=O) groups excluding carboxylic acids is 2. The van der Waals surface area contributed by atoms with E-state index < -0.39 is 39.4 Å². The number of sulfonamides is 1. The van der Waals surface area contributed by atoms with Gasteiger partial charge in [0, 0.05) is 24.2 Å². The van der Waals surface area contributed by atoms with Gasteiger partial charge in [-0.2, -0.15) is 26.3 Å². The normalized spacial score (nSPS) is 24.0. The molecule has 10 nitrogen and oxygen atoms in total. The monoisotopic (exact) mass is 726 g/mol. The Bertz CT molecular complexity index is 1550. The maximum atomic E-state index is 13.1. The number of ether oxygens (including phenoxy) is 1. The minimum Gasteiger partial charge on any atom is -0.379 e. The Morgan fingerprint density at radius 2 is 1.52 bits per heavy atom. The molecule has 1 heterocycles. The average molecular weight is 727 g/mol. The summed E-state index contributed by atoms with van der Waals surface area (Å²) in [6, 6.07) is 1.90. The third-order valence-corrected chi connectivity index (χ3v) is 12.6. The lowest BCUT2D eigenvalue weighted by Gasteiger charge is -2.54. The molecule has 266 valence electrons. The van der Waals surface area contributed by atoms with Crippen LogP contribution >= 0.6 is 11.3 Å². The van der Waals surface area contributed by atoms with E-state index in [1.54, 1.807) is 0 Å². The molecule has 18 heteroatoms. The van der Waals surface area contributed by atoms with Gasteiger partial charge in [-0.1, -0.05) is 23.5 Å². The van der Waals surface area contributed by atoms with E-state index in [9.17, 15) is 49.5 Å². The van der Waals surface area contributed by atoms with Crippen LogP contribution in [0.25, 0.3) is 0 Å². The van der Waals surface area contributed by atoms with Crippen molar-refractivity contribution in [1.29, 1.82) is 0 Å². The Morgan fingerprint density at radius 1 is 0.938 bits per heavy atom. The molecule has 4 saturated carbocycles. The molecule has 48 heavy (non-hydrogen) atoms. The van der Waals surface area contributed by atoms with Crippen LogP contribution in [0.2, 0.25) is 0 Å². The SMILES string of the molecule is Cc1nc(NC(=O)CCOCCNC(=O)CC2C3CC4CC(C3)CC2C4)sc1S(=O)(=O)Nc1ccc(C(O)(C(F)(F)F)C(F)(F)F)cc1. The van der Waals surface area contributed by atoms with Gasteiger partial charge < -0.3 is 20.5 Å². The second-order valence-electron chi connectivity index (χ2n) is 12.8. The molecule has 4 aliphatic rings. The number of halogens is 6. The van der Waals surface area contributed by atoms with Crippen LogP contribution in [-0.4, -0.2) is 62.4 Å². The standard InChI is InChI=1S/C30H36F6N4O6S2/c1-16-26(48(44,45)40-22-4-2-21(3-5-22)28(43,29(31,32)33)30(34,35)36)47-27(38-16)39-24(41)6-8-46-9-7-37-25(42)15-23-19-11-17-10-18(13-19)14-20(23)12-17/h2-5,17-20,23,40,43H,6-15H2,1H3,(H,37,42)(H,38,39,41). The number of nitrogens with zero attached hydrogens (tertiary/aromatic N) is 1. The van der Waals surface area contributed by atoms with Crippen LogP contribution in [0.4, 0.5) is 37.2 Å². The first kappa shape index (κ1) is 36.3. The fourth-order valence-electron chi connectivity index (χ4n) is 7.52. The average Bonchev–Trinajstić information content (AvgIpc) is 3.35. The van der Waals surface area contributed by atoms with Crippen LogP contribution in [0.3, 0.4) is 0 Å². The molecule has 1 aromatic heterocycles. The van der Waals surface area contributed by atoms with Crippen molar-refractivity contribution in [3.8, 4) is 0 Å². The molecule has 0 aliphatic heterocycles. The number of anilines is 2. The Labute approximate surface area is 277 Å². The molecule has 2 aromatic rings. The van der Waals surface area contributed by atoms with Crippen molar-refractivity contribution < 1.29 is 54.2 Å². The molecule has 0 atom stereocenters. The summed E-state index contributed by atoms with van der Waals surface area (Å²) in [5.41, 5.74) is -7.12. The van der Waals surface area contributed by atoms with Crippen LogP contribution in [-0.2, 0) is 30.0 Å². The van der Waals surface area contributed by atoms with Gasteiger partial charge in [-0.05, 0) is 80.8 Å². The number of nitrogens with one attached hydrogen (secondary N) is 3. The number of aryl methyl sites for hydroxylation is 1. The summed E-state index contributed by atoms with van der Waals surface area (Å²) in [5, 5.41) is 14.8. The zero-order valence-corrected chi connectivity index (χ0v) is 27.4. The first-order chi connectivity index (χ1) is 22.4. The summed E-state index contributed by atoms with van der Waals surface area (Å²) in [6.07, 6.45) is -5.38. The lowest BCUT2D eigenvalue weighted by atomic mass is 9.51. The van der Waals surface area contributed by atoms with Gasteiger partial charge in [0.05, 0.1) is 25.3 Å². The predicted octanol–water partition coefficient (Wildman–Crippen LogP) is 5.49. The summed E-state index contributed by atoms with van der Waals surface area (Å²) in [4.78, 5) is 28.9. The van der Waals surface area contributed by atoms with E-state index in [0.717, 1.165) is 11.8 Å². The number of thiazole rings is 1. The van der Waals surface area contributed by atoms with E-state index >= 15 is 0 Å². The Balaban J connectivity index is 1.04. The first-order valence-electron chi connectivity index (χ1n) is 15.5. The number of carbonyl (C=O) groups is 2. The summed E-state index contributed by atoms with van der Waals surface area (Å²) in [7, 11) is -4.42. The zero-order chi connectivity index (χ0) is 35.1. The van der Waals surface area contributed by atoms with Crippen molar-refractivity contribution in [1.82, 2.24) is 10.3 Å². The van der Waals surface area contributed by atoms with Gasteiger partial charge in [-0.15, -0.1) is 0 Å². The lowest BCUT2D eigenvalue weighted by Crippen LogP contribution is -2.53. The number of rotatable bonds is 13. The number of hydrogen-bond acceptors (Lipinski definition) is 8. The topological polar surface area (TPSA) is 147 Å². The van der Waals surface area contributed by atoms with Crippen molar-refractivity contribution >= 4 is 44.0 Å². The summed E-state index contributed by atoms with van der Waals surface area (Å²) in [6.45, 7) is 1.87. The highest BCUT2D eigenvalue weighted by Gasteiger charge is 2.71. The molecule has 0 radical (unpaired) electrons. The zero-order valence-electron chi connectivity index (χ0n) is 25.8. The van der Waals surface area contributed by atoms with Crippen LogP contribution < -0.4 is 15.4 Å². The molecule has 1 aromatic carbocycles. The molecule has 4 bridgehead atoms. The van der Waals surface area contributed by atoms with E-state index in [0.29, 0.717) is 66.3 Å². The maximum Gasteiger partial charge on any atom is 0.430 e. The Hall–Kier alpha value is -2.96. The third-order valence-electron chi connectivity index (χ3n) is 9.50. The molecule has 4 N–H and O–H groups in total. The molecule has 0 unspecified atom stereocenters. The quantitative estimate of drug-likeness (QED) is 0.158. The number of amides is 2. The number of aromatic nitrogens is 1. The molecular formula is C30H36F6N4O6S2. The van der Waals surface area contributed by atoms with Crippen LogP contribution in [0.5, 0.6) is 0 Å². The lowest BCUT2D eigenvalue weighted by molar-refractivity contribution is -0.376. The summed E-state index contributed by atoms with van der Waals surface area (Å²) >= 11 is 0.582. The van der Waals surface area contributed by atoms with Gasteiger partial charge in [-0.3, -0.25) is 14.3 Å². The predicted molar refractivity (Wildman–Crippen MR) is 162 cm³/mol. The molecule has 2 amide bonds. The number of benzene rings is 1. The van der Waals surface area contributed by atoms with Crippen molar-refractivity contribution in [2.75, 3.05) is 29.8 Å². The third kappa shape index (κ3) is 7.75. The fraction of sp³-hybridized carbons (Fsp3) is 0.633. The highest BCUT2D eigenvalue weighted by molar-refractivity contribution is 7.94. The number of aliphatic hydroxyl groups is 1. The molecule has 4 aliphatic carbocycles. The first-order valence-corrected chi connectivity index (χ1v) is 17.8. The number of alkyl halides is 6. The highest BCUT2D eigenvalue weighted by atomic mass is 32.2. The van der Waals surface area contributed by atoms with Gasteiger partial charge in [0.1, 0.15) is 0 Å². The van der Waals surface area contributed by atoms with E-state index in [1.165, 1.54) is 39.0 Å². The minimum absolute atomic E-state index is 0.0142. The summed E-state index contributed by atoms with van der Waals surface area (Å²) in [5.74, 6) is 2.97. The van der Waals surface area contributed by atoms with Gasteiger partial charge in [-0.25, -0.2) is 13.4 Å². The largest absolute Gasteiger partial charge is 0.430 e. The van der Waals surface area contributed by atoms with E-state index in [2.05, 4.69) is 15.6 Å². The molecule has 4 fully saturated rings. The van der Waals surface area contributed by atoms with Gasteiger partial charge in [0.15, 0.2) is 9.34 Å². The molecular weight excluding hydrogens is 690 g/mol. The van der Waals surface area contributed by atoms with Gasteiger partial charge in [0.25, 0.3) is 15.6 Å². The van der Waals surface area contributed by atoms with Crippen LogP contribution in [0.1, 0.15) is 56.2 Å². The van der Waals surface area contributed by atoms with Gasteiger partial charge >= 0.3 is 12.4 Å². The van der Waals surface area contributed by atoms with Crippen molar-refractivity contribution in [3.63, 3.8) is 0 Å². The van der Waals surface area contributed by atoms with E-state index in [-0.39, 0.29) is 46.3 Å². The van der Waals surface area contributed by atoms with Crippen LogP contribution in [0, 0.1) is 36.5 Å². The number of hydrogen-bond donors (Lipinski definition) is 4. The highest BCUT2D eigenvalue weighted by Crippen LogP contribution is 2.57. The molecule has 0 saturated heterocycles. The van der Waals surface area contributed by atoms with Crippen molar-refractivity contribution in [2.24, 2.45) is 29.6 Å². The maximum absolute atomic E-state index is 13.1. The Morgan fingerprint density at radius 3 is 2.08 bits per heavy atom. The smallest absolute Gasteiger partial charge is 0.379 e. The fourth-order valence-corrected chi connectivity index (χ4v) is 10.0. The molecule has 6 rings (SSSR count). The van der Waals surface area contributed by atoms with Crippen molar-refractivity contribution in [3.05, 3.63) is 35.5 Å². The molecule has 0 spiro atoms. The van der Waals surface area contributed by atoms with Gasteiger partial charge in [0.2, 0.25) is 11.8 Å². The minimum atomic E-state index is -6.09. The second-order valence-corrected chi connectivity index (χ2v) is 15.7. The Kier molecular flexibility index (Phi) is 10.4. The van der Waals surface area contributed by atoms with Crippen molar-refractivity contribution in [2.45, 2.75) is 74.0 Å². The summed E-state index contributed by atoms with van der Waals surface area (Å²) < 4.78 is 112. The van der Waals surface area contributed by atoms with E-state index in [4.69, 9.17) is 4.74 Å². The van der Waals surface area contributed by atoms with E-state index in [1.807, 2.05) is 4.72 Å². The second kappa shape index (κ2) is 13.7. The van der Waals surface area contributed by atoms with Crippen LogP contribution in [0.15, 0.2) is 28.5 Å².